The number of pyridine rings is 1. The molecule has 0 spiro atoms. The molecule has 0 amide bonds. The van der Waals surface area contributed by atoms with Crippen LogP contribution in [-0.2, 0) is 6.54 Å². The van der Waals surface area contributed by atoms with Crippen molar-refractivity contribution in [2.75, 3.05) is 0 Å². The molecule has 5 heteroatoms. The molecule has 0 bridgehead atoms. The maximum Gasteiger partial charge on any atom is 0.147 e. The quantitative estimate of drug-likeness (QED) is 0.887. The van der Waals surface area contributed by atoms with Crippen molar-refractivity contribution < 1.29 is 4.74 Å². The standard InChI is InChI=1S/C15H14Cl2N2O/c16-13-2-1-3-14(15(13)17)20-12-6-10(7-18-9-12)8-19-11-4-5-11/h1-3,6-7,9,11,19H,4-5,8H2. The highest BCUT2D eigenvalue weighted by Crippen LogP contribution is 2.34. The minimum absolute atomic E-state index is 0.413. The van der Waals surface area contributed by atoms with Crippen molar-refractivity contribution >= 4 is 23.2 Å². The summed E-state index contributed by atoms with van der Waals surface area (Å²) >= 11 is 12.1. The van der Waals surface area contributed by atoms with Gasteiger partial charge in [0.25, 0.3) is 0 Å². The van der Waals surface area contributed by atoms with Crippen LogP contribution in [0.1, 0.15) is 18.4 Å². The molecule has 2 aromatic rings. The van der Waals surface area contributed by atoms with Gasteiger partial charge in [-0.3, -0.25) is 4.98 Å². The van der Waals surface area contributed by atoms with Crippen molar-refractivity contribution in [2.45, 2.75) is 25.4 Å². The van der Waals surface area contributed by atoms with Gasteiger partial charge < -0.3 is 10.1 Å². The Morgan fingerprint density at radius 1 is 1.25 bits per heavy atom. The Morgan fingerprint density at radius 2 is 2.10 bits per heavy atom. The molecular formula is C15H14Cl2N2O. The molecule has 1 N–H and O–H groups in total. The van der Waals surface area contributed by atoms with Crippen molar-refractivity contribution in [3.8, 4) is 11.5 Å². The van der Waals surface area contributed by atoms with Gasteiger partial charge in [0.15, 0.2) is 0 Å². The largest absolute Gasteiger partial charge is 0.454 e. The fraction of sp³-hybridized carbons (Fsp3) is 0.267. The highest BCUT2D eigenvalue weighted by Gasteiger charge is 2.20. The fourth-order valence-corrected chi connectivity index (χ4v) is 2.19. The van der Waals surface area contributed by atoms with Crippen LogP contribution >= 0.6 is 23.2 Å². The number of nitrogens with zero attached hydrogens (tertiary/aromatic N) is 1. The summed E-state index contributed by atoms with van der Waals surface area (Å²) in [5.74, 6) is 1.19. The third-order valence-electron chi connectivity index (χ3n) is 3.09. The average Bonchev–Trinajstić information content (AvgIpc) is 3.26. The van der Waals surface area contributed by atoms with Crippen LogP contribution in [0, 0.1) is 0 Å². The predicted octanol–water partition coefficient (Wildman–Crippen LogP) is 4.43. The van der Waals surface area contributed by atoms with E-state index >= 15 is 0 Å². The molecule has 1 heterocycles. The lowest BCUT2D eigenvalue weighted by molar-refractivity contribution is 0.479. The number of ether oxygens (including phenoxy) is 1. The van der Waals surface area contributed by atoms with E-state index < -0.39 is 0 Å². The third-order valence-corrected chi connectivity index (χ3v) is 3.89. The number of benzene rings is 1. The van der Waals surface area contributed by atoms with Crippen LogP contribution in [0.2, 0.25) is 10.0 Å². The molecule has 1 saturated carbocycles. The first-order valence-corrected chi connectivity index (χ1v) is 7.27. The van der Waals surface area contributed by atoms with Crippen molar-refractivity contribution in [1.29, 1.82) is 0 Å². The lowest BCUT2D eigenvalue weighted by Gasteiger charge is -2.09. The number of aromatic nitrogens is 1. The Labute approximate surface area is 127 Å². The van der Waals surface area contributed by atoms with Gasteiger partial charge in [-0.2, -0.15) is 0 Å². The first-order chi connectivity index (χ1) is 9.72. The lowest BCUT2D eigenvalue weighted by atomic mass is 10.2. The minimum Gasteiger partial charge on any atom is -0.454 e. The Bertz CT molecular complexity index is 615. The number of nitrogens with one attached hydrogen (secondary N) is 1. The SMILES string of the molecule is Clc1cccc(Oc2cncc(CNC3CC3)c2)c1Cl. The summed E-state index contributed by atoms with van der Waals surface area (Å²) < 4.78 is 5.75. The fourth-order valence-electron chi connectivity index (χ4n) is 1.86. The molecule has 1 aliphatic rings. The molecule has 1 fully saturated rings. The molecule has 0 aliphatic heterocycles. The van der Waals surface area contributed by atoms with Crippen LogP contribution < -0.4 is 10.1 Å². The van der Waals surface area contributed by atoms with Gasteiger partial charge in [-0.15, -0.1) is 0 Å². The topological polar surface area (TPSA) is 34.1 Å². The molecule has 0 saturated heterocycles. The van der Waals surface area contributed by atoms with E-state index in [9.17, 15) is 0 Å². The maximum absolute atomic E-state index is 6.10. The summed E-state index contributed by atoms with van der Waals surface area (Å²) in [5.41, 5.74) is 1.09. The van der Waals surface area contributed by atoms with Crippen LogP contribution in [0.3, 0.4) is 0 Å². The third kappa shape index (κ3) is 3.42. The second kappa shape index (κ2) is 6.00. The van der Waals surface area contributed by atoms with Crippen molar-refractivity contribution in [3.05, 3.63) is 52.3 Å². The van der Waals surface area contributed by atoms with Gasteiger partial charge in [-0.25, -0.2) is 0 Å². The van der Waals surface area contributed by atoms with Gasteiger partial charge in [-0.05, 0) is 36.6 Å². The summed E-state index contributed by atoms with van der Waals surface area (Å²) in [6.07, 6.45) is 6.03. The Kier molecular flexibility index (Phi) is 4.10. The molecule has 1 aliphatic carbocycles. The first kappa shape index (κ1) is 13.7. The minimum atomic E-state index is 0.413. The monoisotopic (exact) mass is 308 g/mol. The Hall–Kier alpha value is -1.29. The van der Waals surface area contributed by atoms with E-state index in [4.69, 9.17) is 27.9 Å². The van der Waals surface area contributed by atoms with E-state index in [1.165, 1.54) is 12.8 Å². The zero-order valence-electron chi connectivity index (χ0n) is 10.8. The van der Waals surface area contributed by atoms with Crippen LogP contribution in [-0.4, -0.2) is 11.0 Å². The first-order valence-electron chi connectivity index (χ1n) is 6.51. The summed E-state index contributed by atoms with van der Waals surface area (Å²) in [6, 6.07) is 7.94. The molecule has 0 radical (unpaired) electrons. The molecule has 0 unspecified atom stereocenters. The van der Waals surface area contributed by atoms with Gasteiger partial charge in [0, 0.05) is 18.8 Å². The summed E-state index contributed by atoms with van der Waals surface area (Å²) in [4.78, 5) is 4.19. The smallest absolute Gasteiger partial charge is 0.147 e. The van der Waals surface area contributed by atoms with Gasteiger partial charge >= 0.3 is 0 Å². The molecule has 104 valence electrons. The van der Waals surface area contributed by atoms with E-state index in [2.05, 4.69) is 10.3 Å². The molecule has 1 aromatic carbocycles. The molecular weight excluding hydrogens is 295 g/mol. The van der Waals surface area contributed by atoms with Gasteiger partial charge in [0.1, 0.15) is 16.5 Å². The van der Waals surface area contributed by atoms with Crippen molar-refractivity contribution in [2.24, 2.45) is 0 Å². The van der Waals surface area contributed by atoms with Gasteiger partial charge in [0.2, 0.25) is 0 Å². The summed E-state index contributed by atoms with van der Waals surface area (Å²) in [5, 5.41) is 4.33. The molecule has 3 rings (SSSR count). The van der Waals surface area contributed by atoms with Crippen LogP contribution in [0.5, 0.6) is 11.5 Å². The van der Waals surface area contributed by atoms with Crippen molar-refractivity contribution in [3.63, 3.8) is 0 Å². The number of halogens is 2. The zero-order valence-corrected chi connectivity index (χ0v) is 12.3. The second-order valence-electron chi connectivity index (χ2n) is 4.84. The summed E-state index contributed by atoms with van der Waals surface area (Å²) in [6.45, 7) is 0.804. The lowest BCUT2D eigenvalue weighted by Crippen LogP contribution is -2.15. The average molecular weight is 309 g/mol. The normalized spacial score (nSPS) is 14.3. The summed E-state index contributed by atoms with van der Waals surface area (Å²) in [7, 11) is 0. The van der Waals surface area contributed by atoms with E-state index in [-0.39, 0.29) is 0 Å². The maximum atomic E-state index is 6.10. The van der Waals surface area contributed by atoms with Crippen LogP contribution in [0.15, 0.2) is 36.7 Å². The molecule has 3 nitrogen and oxygen atoms in total. The van der Waals surface area contributed by atoms with E-state index in [1.54, 1.807) is 24.4 Å². The van der Waals surface area contributed by atoms with Crippen molar-refractivity contribution in [1.82, 2.24) is 10.3 Å². The number of rotatable bonds is 5. The van der Waals surface area contributed by atoms with Gasteiger partial charge in [0.05, 0.1) is 11.2 Å². The Balaban J connectivity index is 1.72. The van der Waals surface area contributed by atoms with Crippen LogP contribution in [0.25, 0.3) is 0 Å². The van der Waals surface area contributed by atoms with E-state index in [1.807, 2.05) is 12.3 Å². The van der Waals surface area contributed by atoms with Crippen LogP contribution in [0.4, 0.5) is 0 Å². The Morgan fingerprint density at radius 3 is 2.90 bits per heavy atom. The predicted molar refractivity (Wildman–Crippen MR) is 80.6 cm³/mol. The number of hydrogen-bond donors (Lipinski definition) is 1. The second-order valence-corrected chi connectivity index (χ2v) is 5.62. The molecule has 20 heavy (non-hydrogen) atoms. The van der Waals surface area contributed by atoms with E-state index in [0.717, 1.165) is 12.1 Å². The van der Waals surface area contributed by atoms with E-state index in [0.29, 0.717) is 27.6 Å². The highest BCUT2D eigenvalue weighted by molar-refractivity contribution is 6.42. The number of hydrogen-bond acceptors (Lipinski definition) is 3. The van der Waals surface area contributed by atoms with Gasteiger partial charge in [-0.1, -0.05) is 29.3 Å². The molecule has 1 aromatic heterocycles. The molecule has 0 atom stereocenters. The highest BCUT2D eigenvalue weighted by atomic mass is 35.5. The zero-order chi connectivity index (χ0) is 13.9.